The molecule has 0 saturated heterocycles. The smallest absolute Gasteiger partial charge is 0.0503 e. The summed E-state index contributed by atoms with van der Waals surface area (Å²) in [6.07, 6.45) is 0. The van der Waals surface area contributed by atoms with Gasteiger partial charge in [0, 0.05) is 24.9 Å². The van der Waals surface area contributed by atoms with E-state index in [0.29, 0.717) is 5.92 Å². The first-order valence-corrected chi connectivity index (χ1v) is 8.07. The molecule has 1 aromatic carbocycles. The molecule has 0 amide bonds. The van der Waals surface area contributed by atoms with Crippen LogP contribution in [0, 0.1) is 9.49 Å². The zero-order valence-corrected chi connectivity index (χ0v) is 14.0. The summed E-state index contributed by atoms with van der Waals surface area (Å²) in [5.74, 6) is 0.448. The lowest BCUT2D eigenvalue weighted by Gasteiger charge is -2.12. The summed E-state index contributed by atoms with van der Waals surface area (Å²) in [7, 11) is 0. The molecule has 2 rings (SSSR count). The predicted molar refractivity (Wildman–Crippen MR) is 89.2 cm³/mol. The minimum Gasteiger partial charge on any atom is -0.323 e. The zero-order chi connectivity index (χ0) is 13.3. The highest BCUT2D eigenvalue weighted by atomic mass is 127. The van der Waals surface area contributed by atoms with Crippen LogP contribution in [0.2, 0.25) is 5.02 Å². The molecule has 0 fully saturated rings. The van der Waals surface area contributed by atoms with E-state index in [-0.39, 0.29) is 6.04 Å². The number of hydrogen-bond donors (Lipinski definition) is 1. The van der Waals surface area contributed by atoms with E-state index < -0.39 is 0 Å². The predicted octanol–water partition coefficient (Wildman–Crippen LogP) is 5.33. The molecular formula is C14H15ClINS. The minimum absolute atomic E-state index is 0.103. The quantitative estimate of drug-likeness (QED) is 0.703. The highest BCUT2D eigenvalue weighted by Crippen LogP contribution is 2.36. The molecule has 1 unspecified atom stereocenters. The monoisotopic (exact) mass is 391 g/mol. The van der Waals surface area contributed by atoms with Gasteiger partial charge in [-0.2, -0.15) is 0 Å². The standard InChI is InChI=1S/C14H15ClINS/c1-8(2)14(17)13-6-5-12(18-13)10-4-3-9(16)7-11(10)15/h3-8,14H,17H2,1-2H3. The maximum absolute atomic E-state index is 6.29. The van der Waals surface area contributed by atoms with Gasteiger partial charge in [-0.1, -0.05) is 31.5 Å². The highest BCUT2D eigenvalue weighted by molar-refractivity contribution is 14.1. The fourth-order valence-corrected chi connectivity index (χ4v) is 3.93. The third-order valence-corrected chi connectivity index (χ3v) is 5.07. The second-order valence-corrected chi connectivity index (χ2v) is 7.36. The van der Waals surface area contributed by atoms with Crippen molar-refractivity contribution < 1.29 is 0 Å². The zero-order valence-electron chi connectivity index (χ0n) is 10.3. The number of thiophene rings is 1. The Kier molecular flexibility index (Phi) is 4.69. The van der Waals surface area contributed by atoms with Crippen LogP contribution in [0.4, 0.5) is 0 Å². The molecule has 0 bridgehead atoms. The van der Waals surface area contributed by atoms with Crippen LogP contribution in [0.3, 0.4) is 0 Å². The summed E-state index contributed by atoms with van der Waals surface area (Å²) in [5.41, 5.74) is 7.25. The second-order valence-electron chi connectivity index (χ2n) is 4.60. The molecule has 1 nitrogen and oxygen atoms in total. The summed E-state index contributed by atoms with van der Waals surface area (Å²) < 4.78 is 1.15. The summed E-state index contributed by atoms with van der Waals surface area (Å²) in [5, 5.41) is 0.799. The minimum atomic E-state index is 0.103. The maximum Gasteiger partial charge on any atom is 0.0503 e. The van der Waals surface area contributed by atoms with Gasteiger partial charge in [0.05, 0.1) is 5.02 Å². The number of rotatable bonds is 3. The molecule has 0 spiro atoms. The van der Waals surface area contributed by atoms with Crippen LogP contribution in [-0.4, -0.2) is 0 Å². The Bertz CT molecular complexity index is 550. The van der Waals surface area contributed by atoms with Gasteiger partial charge in [-0.25, -0.2) is 0 Å². The first-order chi connectivity index (χ1) is 8.49. The van der Waals surface area contributed by atoms with E-state index in [9.17, 15) is 0 Å². The van der Waals surface area contributed by atoms with Crippen molar-refractivity contribution in [1.82, 2.24) is 0 Å². The largest absolute Gasteiger partial charge is 0.323 e. The Morgan fingerprint density at radius 2 is 1.94 bits per heavy atom. The van der Waals surface area contributed by atoms with Crippen LogP contribution in [0.5, 0.6) is 0 Å². The van der Waals surface area contributed by atoms with Crippen molar-refractivity contribution in [3.05, 3.63) is 43.8 Å². The van der Waals surface area contributed by atoms with Crippen LogP contribution < -0.4 is 5.73 Å². The van der Waals surface area contributed by atoms with Crippen LogP contribution >= 0.6 is 45.5 Å². The van der Waals surface area contributed by atoms with Crippen LogP contribution in [0.1, 0.15) is 24.8 Å². The molecule has 4 heteroatoms. The van der Waals surface area contributed by atoms with E-state index in [0.717, 1.165) is 14.2 Å². The molecule has 1 heterocycles. The van der Waals surface area contributed by atoms with E-state index in [1.54, 1.807) is 11.3 Å². The molecule has 0 radical (unpaired) electrons. The van der Waals surface area contributed by atoms with Crippen molar-refractivity contribution in [2.45, 2.75) is 19.9 Å². The average molecular weight is 392 g/mol. The summed E-state index contributed by atoms with van der Waals surface area (Å²) in [6.45, 7) is 4.28. The molecule has 1 atom stereocenters. The van der Waals surface area contributed by atoms with E-state index in [1.807, 2.05) is 6.07 Å². The Labute approximate surface area is 130 Å². The third-order valence-electron chi connectivity index (χ3n) is 2.87. The van der Waals surface area contributed by atoms with Gasteiger partial charge in [0.15, 0.2) is 0 Å². The highest BCUT2D eigenvalue weighted by Gasteiger charge is 2.14. The Morgan fingerprint density at radius 3 is 2.56 bits per heavy atom. The SMILES string of the molecule is CC(C)C(N)c1ccc(-c2ccc(I)cc2Cl)s1. The Morgan fingerprint density at radius 1 is 1.22 bits per heavy atom. The number of nitrogens with two attached hydrogens (primary N) is 1. The van der Waals surface area contributed by atoms with E-state index in [4.69, 9.17) is 17.3 Å². The molecule has 0 aliphatic heterocycles. The van der Waals surface area contributed by atoms with Crippen LogP contribution in [0.15, 0.2) is 30.3 Å². The van der Waals surface area contributed by atoms with E-state index in [2.05, 4.69) is 60.7 Å². The van der Waals surface area contributed by atoms with Gasteiger partial charge in [0.2, 0.25) is 0 Å². The van der Waals surface area contributed by atoms with E-state index >= 15 is 0 Å². The topological polar surface area (TPSA) is 26.0 Å². The van der Waals surface area contributed by atoms with Gasteiger partial charge in [-0.3, -0.25) is 0 Å². The van der Waals surface area contributed by atoms with Crippen molar-refractivity contribution in [1.29, 1.82) is 0 Å². The van der Waals surface area contributed by atoms with Crippen molar-refractivity contribution in [3.63, 3.8) is 0 Å². The van der Waals surface area contributed by atoms with E-state index in [1.165, 1.54) is 9.75 Å². The van der Waals surface area contributed by atoms with Crippen molar-refractivity contribution in [3.8, 4) is 10.4 Å². The molecule has 2 aromatic rings. The number of hydrogen-bond acceptors (Lipinski definition) is 2. The molecule has 0 aliphatic rings. The molecule has 0 aliphatic carbocycles. The van der Waals surface area contributed by atoms with Crippen molar-refractivity contribution in [2.24, 2.45) is 11.7 Å². The first-order valence-electron chi connectivity index (χ1n) is 5.79. The Hall–Kier alpha value is -0.100. The van der Waals surface area contributed by atoms with Crippen LogP contribution in [0.25, 0.3) is 10.4 Å². The summed E-state index contributed by atoms with van der Waals surface area (Å²) >= 11 is 10.3. The second kappa shape index (κ2) is 5.90. The fourth-order valence-electron chi connectivity index (χ4n) is 1.69. The maximum atomic E-state index is 6.29. The van der Waals surface area contributed by atoms with Gasteiger partial charge in [0.1, 0.15) is 0 Å². The van der Waals surface area contributed by atoms with Gasteiger partial charge in [-0.15, -0.1) is 11.3 Å². The van der Waals surface area contributed by atoms with Crippen LogP contribution in [-0.2, 0) is 0 Å². The summed E-state index contributed by atoms with van der Waals surface area (Å²) in [6, 6.07) is 10.4. The normalized spacial score (nSPS) is 13.0. The van der Waals surface area contributed by atoms with Gasteiger partial charge >= 0.3 is 0 Å². The lowest BCUT2D eigenvalue weighted by atomic mass is 10.0. The first kappa shape index (κ1) is 14.3. The lowest BCUT2D eigenvalue weighted by Crippen LogP contribution is -2.14. The average Bonchev–Trinajstić information content (AvgIpc) is 2.77. The van der Waals surface area contributed by atoms with Gasteiger partial charge in [0.25, 0.3) is 0 Å². The van der Waals surface area contributed by atoms with Gasteiger partial charge < -0.3 is 5.73 Å². The molecule has 18 heavy (non-hydrogen) atoms. The molecule has 0 saturated carbocycles. The lowest BCUT2D eigenvalue weighted by molar-refractivity contribution is 0.521. The fraction of sp³-hybridized carbons (Fsp3) is 0.286. The Balaban J connectivity index is 2.35. The molecule has 1 aromatic heterocycles. The summed E-state index contributed by atoms with van der Waals surface area (Å²) in [4.78, 5) is 2.40. The van der Waals surface area contributed by atoms with Crippen molar-refractivity contribution in [2.75, 3.05) is 0 Å². The molecular weight excluding hydrogens is 377 g/mol. The van der Waals surface area contributed by atoms with Gasteiger partial charge in [-0.05, 0) is 52.8 Å². The molecule has 96 valence electrons. The van der Waals surface area contributed by atoms with Crippen molar-refractivity contribution >= 4 is 45.5 Å². The third kappa shape index (κ3) is 3.07. The number of benzene rings is 1. The molecule has 2 N–H and O–H groups in total. The number of halogens is 2.